The van der Waals surface area contributed by atoms with Gasteiger partial charge in [-0.1, -0.05) is 52.0 Å². The molecule has 0 atom stereocenters. The average Bonchev–Trinajstić information content (AvgIpc) is 3.28. The fourth-order valence-electron chi connectivity index (χ4n) is 5.29. The van der Waals surface area contributed by atoms with Crippen LogP contribution in [0.5, 0.6) is 0 Å². The molecule has 0 spiro atoms. The van der Waals surface area contributed by atoms with E-state index in [2.05, 4.69) is 5.32 Å². The smallest absolute Gasteiger partial charge is 0.340 e. The third kappa shape index (κ3) is 37.3. The minimum atomic E-state index is -1.18. The molecule has 5 aromatic rings. The third-order valence-electron chi connectivity index (χ3n) is 7.96. The van der Waals surface area contributed by atoms with Crippen LogP contribution in [0, 0.1) is 49.9 Å². The molecule has 5 rings (SSSR count). The number of aromatic amines is 4. The number of quaternary nitrogens is 4. The molecular weight excluding hydrogens is 1150 g/mol. The van der Waals surface area contributed by atoms with E-state index in [1.807, 2.05) is 30.9 Å². The molecule has 0 aliphatic heterocycles. The lowest BCUT2D eigenvalue weighted by atomic mass is 10.5. The second-order valence-electron chi connectivity index (χ2n) is 18.5. The highest BCUT2D eigenvalue weighted by atomic mass is 19.1. The van der Waals surface area contributed by atoms with Gasteiger partial charge in [0.15, 0.2) is 26.7 Å². The van der Waals surface area contributed by atoms with Gasteiger partial charge in [0, 0.05) is 12.4 Å². The first-order chi connectivity index (χ1) is 35.4. The van der Waals surface area contributed by atoms with E-state index in [0.717, 1.165) is 26.1 Å². The van der Waals surface area contributed by atoms with Crippen molar-refractivity contribution in [3.8, 4) is 0 Å². The summed E-state index contributed by atoms with van der Waals surface area (Å²) in [6.07, 6.45) is 3.73. The van der Waals surface area contributed by atoms with E-state index in [0.29, 0.717) is 27.7 Å². The Labute approximate surface area is 489 Å². The molecule has 0 unspecified atom stereocenters. The number of halogens is 5. The lowest BCUT2D eigenvalue weighted by Gasteiger charge is -2.35. The van der Waals surface area contributed by atoms with Crippen LogP contribution in [0.2, 0.25) is 0 Å². The molecule has 0 aromatic carbocycles. The molecule has 0 aliphatic carbocycles. The van der Waals surface area contributed by atoms with Crippen molar-refractivity contribution in [2.24, 2.45) is 0 Å². The van der Waals surface area contributed by atoms with E-state index in [1.54, 1.807) is 48.0 Å². The molecular formula is C48H94F5N17O15. The summed E-state index contributed by atoms with van der Waals surface area (Å²) >= 11 is 0. The summed E-state index contributed by atoms with van der Waals surface area (Å²) in [6.45, 7) is 0.717. The molecule has 496 valence electrons. The number of carbonyl (C=O) groups is 1. The number of hydrogen-bond donors (Lipinski definition) is 5. The first-order valence-corrected chi connectivity index (χ1v) is 21.7. The van der Waals surface area contributed by atoms with Gasteiger partial charge in [0.2, 0.25) is 29.1 Å². The van der Waals surface area contributed by atoms with Crippen molar-refractivity contribution in [1.29, 1.82) is 0 Å². The Morgan fingerprint density at radius 2 is 0.776 bits per heavy atom. The number of hydroxylamine groups is 12. The van der Waals surface area contributed by atoms with Crippen molar-refractivity contribution in [1.82, 2.24) is 62.5 Å². The van der Waals surface area contributed by atoms with Gasteiger partial charge in [-0.05, 0) is 42.3 Å². The van der Waals surface area contributed by atoms with E-state index < -0.39 is 117 Å². The highest BCUT2D eigenvalue weighted by molar-refractivity contribution is 5.11. The first kappa shape index (κ1) is 96.4. The summed E-state index contributed by atoms with van der Waals surface area (Å²) in [5, 5.41) is 48.2. The molecule has 0 saturated heterocycles. The van der Waals surface area contributed by atoms with Crippen molar-refractivity contribution >= 4 is 6.79 Å². The van der Waals surface area contributed by atoms with Crippen LogP contribution < -0.4 is 61.6 Å². The topological polar surface area (TPSA) is 391 Å². The summed E-state index contributed by atoms with van der Waals surface area (Å²) in [5.74, 6) is -5.26. The van der Waals surface area contributed by atoms with Crippen molar-refractivity contribution in [2.45, 2.75) is 92.0 Å². The number of nitrogens with one attached hydrogen (secondary N) is 5. The Morgan fingerprint density at radius 3 is 1.16 bits per heavy atom. The Kier molecular flexibility index (Phi) is 47.8. The number of nitrogens with zero attached hydrogens (tertiary/aromatic N) is 12. The van der Waals surface area contributed by atoms with Gasteiger partial charge in [-0.3, -0.25) is 48.3 Å². The second kappa shape index (κ2) is 42.1. The van der Waals surface area contributed by atoms with E-state index in [4.69, 9.17) is 4.79 Å². The number of carbonyl (C=O) groups excluding carboxylic acids is 1. The third-order valence-corrected chi connectivity index (χ3v) is 7.96. The van der Waals surface area contributed by atoms with E-state index in [1.165, 1.54) is 60.9 Å². The number of rotatable bonds is 12. The van der Waals surface area contributed by atoms with Crippen LogP contribution in [-0.2, 0) is 44.8 Å². The molecule has 0 saturated carbocycles. The standard InChI is InChI=1S/C10H17FN4O4.C10H17FN4O2.2C7H10FN3O3.C4H3FN2O2.C2H7N.CH2O.7CH4/c1-14(2,18)6-12-5-8(11)9(16)13(10(12)17)7-15(3,4)19;1-12(2)6-14-5-8(11)9(16)15(10(14)17)7-13(3)4;1-11(2,14)4-10-3-5(8)6(12)9-7(10)13;1-11(2,14)4-10-6(12)5(8)3-9-7(10)13;5-2-1-6-4(9)7-3(2)8;1-3-2;1-2;;;;;;;/h5H,6-7H2,1-4H3;5H,6-7H2,1-4H3;3H,4H2,1-2H3,(H,9,12,13);3H,4H2,1-2H3,(H,9,13);1H,(H2,6,7,8,9);3H,1-2H3;1H2;7*1H4. The molecule has 5 heterocycles. The molecule has 0 bridgehead atoms. The fraction of sp³-hybridized carbons (Fsp3) is 0.562. The van der Waals surface area contributed by atoms with Crippen LogP contribution in [-0.4, -0.2) is 181 Å². The van der Waals surface area contributed by atoms with Crippen LogP contribution >= 0.6 is 0 Å². The lowest BCUT2D eigenvalue weighted by molar-refractivity contribution is -0.865. The molecule has 0 fully saturated rings. The molecule has 0 aliphatic rings. The van der Waals surface area contributed by atoms with Crippen molar-refractivity contribution < 1.29 is 45.3 Å². The maximum absolute atomic E-state index is 13.5. The fourth-order valence-corrected chi connectivity index (χ4v) is 5.29. The zero-order valence-corrected chi connectivity index (χ0v) is 45.2. The molecule has 5 aromatic heterocycles. The van der Waals surface area contributed by atoms with Crippen LogP contribution in [0.1, 0.15) is 52.0 Å². The van der Waals surface area contributed by atoms with E-state index in [-0.39, 0.29) is 78.7 Å². The van der Waals surface area contributed by atoms with Crippen molar-refractivity contribution in [3.05, 3.63) is 185 Å². The van der Waals surface area contributed by atoms with Crippen molar-refractivity contribution in [2.75, 3.05) is 98.7 Å². The number of hydrogen-bond acceptors (Lipinski definition) is 18. The lowest BCUT2D eigenvalue weighted by Crippen LogP contribution is -2.50. The van der Waals surface area contributed by atoms with Crippen LogP contribution in [0.15, 0.2) is 78.9 Å². The summed E-state index contributed by atoms with van der Waals surface area (Å²) in [6, 6.07) is 0. The van der Waals surface area contributed by atoms with Gasteiger partial charge in [-0.2, -0.15) is 22.0 Å². The van der Waals surface area contributed by atoms with Gasteiger partial charge in [0.1, 0.15) is 6.79 Å². The van der Waals surface area contributed by atoms with E-state index >= 15 is 0 Å². The first-order valence-electron chi connectivity index (χ1n) is 21.7. The van der Waals surface area contributed by atoms with Gasteiger partial charge < -0.3 is 59.5 Å². The summed E-state index contributed by atoms with van der Waals surface area (Å²) in [7, 11) is 20.7. The largest absolute Gasteiger partial charge is 0.632 e. The minimum Gasteiger partial charge on any atom is -0.632 e. The van der Waals surface area contributed by atoms with Crippen molar-refractivity contribution in [3.63, 3.8) is 0 Å². The minimum absolute atomic E-state index is 0. The molecule has 32 nitrogen and oxygen atoms in total. The second-order valence-corrected chi connectivity index (χ2v) is 18.5. The molecule has 5 N–H and O–H groups in total. The summed E-state index contributed by atoms with van der Waals surface area (Å²) in [5.41, 5.74) is -8.91. The molecule has 0 amide bonds. The van der Waals surface area contributed by atoms with Crippen LogP contribution in [0.4, 0.5) is 22.0 Å². The zero-order valence-electron chi connectivity index (χ0n) is 45.2. The summed E-state index contributed by atoms with van der Waals surface area (Å²) < 4.78 is 65.5. The SMILES string of the molecule is C.C.C.C.C.C.C.C=O.CN(C)Cn1cc(F)c(=O)n(CN(C)C)c1=O.CNC.C[N+](C)([O-])Cn1c(=O)[nH]cc(F)c1=O.C[N+](C)([O-])Cn1cc(F)c(=O)[nH]c1=O.C[N+](C)([O-])Cn1cc(F)c(=O)n(C[N+](C)(C)[O-])c1=O.O=c1[nH]cc(F)c(=O)[nH]1. The maximum Gasteiger partial charge on any atom is 0.340 e. The Balaban J connectivity index is -0.000000118. The molecule has 37 heteroatoms. The van der Waals surface area contributed by atoms with Gasteiger partial charge in [-0.25, -0.2) is 46.8 Å². The predicted octanol–water partition coefficient (Wildman–Crippen LogP) is 0.120. The Morgan fingerprint density at radius 1 is 0.447 bits per heavy atom. The Bertz CT molecular complexity index is 3330. The monoisotopic (exact) mass is 1240 g/mol. The Hall–Kier alpha value is -7.72. The normalized spacial score (nSPS) is 10.3. The quantitative estimate of drug-likeness (QED) is 0.0629. The molecule has 85 heavy (non-hydrogen) atoms. The molecule has 0 radical (unpaired) electrons. The van der Waals surface area contributed by atoms with Gasteiger partial charge in [-0.15, -0.1) is 0 Å². The highest BCUT2D eigenvalue weighted by Gasteiger charge is 2.18. The average molecular weight is 1240 g/mol. The number of aromatic nitrogens is 10. The number of H-pyrrole nitrogens is 4. The highest BCUT2D eigenvalue weighted by Crippen LogP contribution is 2.00. The van der Waals surface area contributed by atoms with Gasteiger partial charge in [0.05, 0.1) is 88.3 Å². The van der Waals surface area contributed by atoms with Gasteiger partial charge >= 0.3 is 28.4 Å². The maximum atomic E-state index is 13.5. The summed E-state index contributed by atoms with van der Waals surface area (Å²) in [4.78, 5) is 130. The van der Waals surface area contributed by atoms with Gasteiger partial charge in [0.25, 0.3) is 27.8 Å². The predicted molar refractivity (Wildman–Crippen MR) is 319 cm³/mol. The van der Waals surface area contributed by atoms with Crippen LogP contribution in [0.3, 0.4) is 0 Å². The zero-order chi connectivity index (χ0) is 61.6. The van der Waals surface area contributed by atoms with Crippen LogP contribution in [0.25, 0.3) is 0 Å². The van der Waals surface area contributed by atoms with E-state index in [9.17, 15) is 90.7 Å².